The van der Waals surface area contributed by atoms with Gasteiger partial charge in [-0.05, 0) is 36.8 Å². The van der Waals surface area contributed by atoms with Crippen LogP contribution in [0.4, 0.5) is 30.2 Å². The molecule has 39 heavy (non-hydrogen) atoms. The zero-order valence-electron chi connectivity index (χ0n) is 20.2. The number of rotatable bonds is 7. The van der Waals surface area contributed by atoms with Gasteiger partial charge in [0.25, 0.3) is 17.2 Å². The van der Waals surface area contributed by atoms with Gasteiger partial charge < -0.3 is 15.4 Å². The van der Waals surface area contributed by atoms with Crippen LogP contribution in [0.1, 0.15) is 20.8 Å². The molecule has 0 aliphatic carbocycles. The van der Waals surface area contributed by atoms with Crippen LogP contribution in [0.5, 0.6) is 5.75 Å². The van der Waals surface area contributed by atoms with Gasteiger partial charge in [-0.15, -0.1) is 11.3 Å². The van der Waals surface area contributed by atoms with Crippen LogP contribution in [0.2, 0.25) is 0 Å². The van der Waals surface area contributed by atoms with Crippen LogP contribution < -0.4 is 20.9 Å². The van der Waals surface area contributed by atoms with E-state index < -0.39 is 40.6 Å². The minimum absolute atomic E-state index is 0.0465. The zero-order chi connectivity index (χ0) is 28.5. The number of alkyl halides is 3. The first-order chi connectivity index (χ1) is 18.4. The highest BCUT2D eigenvalue weighted by Crippen LogP contribution is 2.32. The Hall–Kier alpha value is -4.79. The number of amides is 2. The van der Waals surface area contributed by atoms with Crippen molar-refractivity contribution < 1.29 is 32.4 Å². The lowest BCUT2D eigenvalue weighted by atomic mass is 10.2. The van der Waals surface area contributed by atoms with Crippen molar-refractivity contribution in [3.63, 3.8) is 0 Å². The summed E-state index contributed by atoms with van der Waals surface area (Å²) in [5.41, 5.74) is -1.64. The number of nitro groups is 1. The Bertz CT molecular complexity index is 1680. The number of hydrogen-bond acceptors (Lipinski definition) is 8. The molecule has 15 heteroatoms. The average molecular weight is 561 g/mol. The molecule has 0 bridgehead atoms. The number of nitro benzene ring substituents is 1. The molecule has 202 valence electrons. The summed E-state index contributed by atoms with van der Waals surface area (Å²) >= 11 is 0.905. The predicted octanol–water partition coefficient (Wildman–Crippen LogP) is 4.59. The Morgan fingerprint density at radius 3 is 2.59 bits per heavy atom. The zero-order valence-corrected chi connectivity index (χ0v) is 21.0. The Morgan fingerprint density at radius 1 is 1.18 bits per heavy atom. The van der Waals surface area contributed by atoms with Gasteiger partial charge in [-0.1, -0.05) is 6.07 Å². The molecule has 2 heterocycles. The van der Waals surface area contributed by atoms with Gasteiger partial charge in [0.2, 0.25) is 5.91 Å². The number of aromatic nitrogens is 2. The van der Waals surface area contributed by atoms with Gasteiger partial charge in [0.1, 0.15) is 17.1 Å². The summed E-state index contributed by atoms with van der Waals surface area (Å²) in [7, 11) is 1.33. The molecule has 0 atom stereocenters. The summed E-state index contributed by atoms with van der Waals surface area (Å²) in [6, 6.07) is 7.73. The van der Waals surface area contributed by atoms with Crippen molar-refractivity contribution in [3.05, 3.63) is 85.3 Å². The molecule has 0 aliphatic heterocycles. The van der Waals surface area contributed by atoms with Crippen LogP contribution in [-0.2, 0) is 17.5 Å². The summed E-state index contributed by atoms with van der Waals surface area (Å²) in [5, 5.41) is 16.1. The van der Waals surface area contributed by atoms with Gasteiger partial charge in [0.05, 0.1) is 39.9 Å². The van der Waals surface area contributed by atoms with Gasteiger partial charge >= 0.3 is 6.18 Å². The number of nitrogens with zero attached hydrogens (tertiary/aromatic N) is 3. The average Bonchev–Trinajstić information content (AvgIpc) is 3.22. The number of aryl methyl sites for hydroxylation is 1. The molecule has 2 aromatic carbocycles. The third-order valence-electron chi connectivity index (χ3n) is 5.55. The normalized spacial score (nSPS) is 11.3. The van der Waals surface area contributed by atoms with Gasteiger partial charge in [-0.25, -0.2) is 4.98 Å². The summed E-state index contributed by atoms with van der Waals surface area (Å²) in [4.78, 5) is 53.6. The Kier molecular flexibility index (Phi) is 7.36. The third-order valence-corrected chi connectivity index (χ3v) is 6.75. The van der Waals surface area contributed by atoms with Crippen molar-refractivity contribution in [1.82, 2.24) is 9.55 Å². The molecule has 0 spiro atoms. The minimum Gasteiger partial charge on any atom is -0.495 e. The molecule has 4 aromatic rings. The van der Waals surface area contributed by atoms with E-state index >= 15 is 0 Å². The van der Waals surface area contributed by atoms with Gasteiger partial charge in [0, 0.05) is 17.8 Å². The van der Waals surface area contributed by atoms with E-state index in [0.717, 1.165) is 46.5 Å². The van der Waals surface area contributed by atoms with E-state index in [4.69, 9.17) is 4.74 Å². The lowest BCUT2D eigenvalue weighted by Crippen LogP contribution is -2.28. The van der Waals surface area contributed by atoms with Crippen LogP contribution in [0, 0.1) is 17.0 Å². The molecule has 4 rings (SSSR count). The number of nitrogens with one attached hydrogen (secondary N) is 2. The number of halogens is 3. The number of ether oxygens (including phenoxy) is 1. The standard InChI is InChI=1S/C24H18F3N5O6S/c1-12-19-22(39-20(12)21(34)30-16-9-15(32(36)37)6-7-17(16)38-2)28-11-31(23(19)35)10-18(33)29-14-5-3-4-13(8-14)24(25,26)27/h3-9,11H,10H2,1-2H3,(H,29,33)(H,30,34). The number of methoxy groups -OCH3 is 1. The van der Waals surface area contributed by atoms with Crippen LogP contribution in [-0.4, -0.2) is 33.4 Å². The van der Waals surface area contributed by atoms with Crippen molar-refractivity contribution in [2.24, 2.45) is 0 Å². The molecular formula is C24H18F3N5O6S. The highest BCUT2D eigenvalue weighted by atomic mass is 32.1. The van der Waals surface area contributed by atoms with Crippen molar-refractivity contribution in [2.45, 2.75) is 19.6 Å². The van der Waals surface area contributed by atoms with Crippen molar-refractivity contribution >= 4 is 50.4 Å². The van der Waals surface area contributed by atoms with Crippen LogP contribution in [0.15, 0.2) is 53.6 Å². The van der Waals surface area contributed by atoms with Crippen LogP contribution in [0.25, 0.3) is 10.2 Å². The molecule has 2 aromatic heterocycles. The smallest absolute Gasteiger partial charge is 0.416 e. The first-order valence-electron chi connectivity index (χ1n) is 11.0. The fourth-order valence-corrected chi connectivity index (χ4v) is 4.74. The Morgan fingerprint density at radius 2 is 1.92 bits per heavy atom. The highest BCUT2D eigenvalue weighted by Gasteiger charge is 2.30. The highest BCUT2D eigenvalue weighted by molar-refractivity contribution is 7.20. The van der Waals surface area contributed by atoms with Crippen molar-refractivity contribution in [1.29, 1.82) is 0 Å². The molecule has 0 unspecified atom stereocenters. The first-order valence-corrected chi connectivity index (χ1v) is 11.8. The minimum atomic E-state index is -4.59. The van der Waals surface area contributed by atoms with Crippen molar-refractivity contribution in [2.75, 3.05) is 17.7 Å². The van der Waals surface area contributed by atoms with E-state index in [1.54, 1.807) is 0 Å². The fraction of sp³-hybridized carbons (Fsp3) is 0.167. The number of carbonyl (C=O) groups excluding carboxylic acids is 2. The lowest BCUT2D eigenvalue weighted by molar-refractivity contribution is -0.384. The van der Waals surface area contributed by atoms with E-state index in [1.807, 2.05) is 0 Å². The number of fused-ring (bicyclic) bond motifs is 1. The molecule has 0 fully saturated rings. The SMILES string of the molecule is COc1ccc([N+](=O)[O-])cc1NC(=O)c1sc2ncn(CC(=O)Nc3cccc(C(F)(F)F)c3)c(=O)c2c1C. The molecule has 2 amide bonds. The number of carbonyl (C=O) groups is 2. The topological polar surface area (TPSA) is 145 Å². The second-order valence-electron chi connectivity index (χ2n) is 8.14. The van der Waals surface area contributed by atoms with E-state index in [-0.39, 0.29) is 43.5 Å². The Balaban J connectivity index is 1.58. The number of thiophene rings is 1. The molecule has 0 radical (unpaired) electrons. The molecule has 0 saturated carbocycles. The van der Waals surface area contributed by atoms with E-state index in [9.17, 15) is 37.7 Å². The second-order valence-corrected chi connectivity index (χ2v) is 9.14. The third kappa shape index (κ3) is 5.72. The number of benzene rings is 2. The first kappa shape index (κ1) is 27.3. The summed E-state index contributed by atoms with van der Waals surface area (Å²) in [6.45, 7) is 0.967. The van der Waals surface area contributed by atoms with Gasteiger partial charge in [-0.3, -0.25) is 29.1 Å². The molecule has 0 saturated heterocycles. The van der Waals surface area contributed by atoms with Gasteiger partial charge in [0.15, 0.2) is 0 Å². The summed E-state index contributed by atoms with van der Waals surface area (Å²) in [6.07, 6.45) is -3.49. The monoisotopic (exact) mass is 561 g/mol. The van der Waals surface area contributed by atoms with E-state index in [0.29, 0.717) is 0 Å². The number of non-ortho nitro benzene ring substituents is 1. The maximum absolute atomic E-state index is 13.1. The summed E-state index contributed by atoms with van der Waals surface area (Å²) in [5.74, 6) is -1.25. The van der Waals surface area contributed by atoms with Crippen LogP contribution >= 0.6 is 11.3 Å². The summed E-state index contributed by atoms with van der Waals surface area (Å²) < 4.78 is 44.9. The van der Waals surface area contributed by atoms with E-state index in [1.165, 1.54) is 32.2 Å². The molecule has 11 nitrogen and oxygen atoms in total. The number of anilines is 2. The predicted molar refractivity (Wildman–Crippen MR) is 136 cm³/mol. The largest absolute Gasteiger partial charge is 0.495 e. The second kappa shape index (κ2) is 10.5. The fourth-order valence-electron chi connectivity index (χ4n) is 3.70. The van der Waals surface area contributed by atoms with Crippen molar-refractivity contribution in [3.8, 4) is 5.75 Å². The van der Waals surface area contributed by atoms with E-state index in [2.05, 4.69) is 15.6 Å². The van der Waals surface area contributed by atoms with Crippen LogP contribution in [0.3, 0.4) is 0 Å². The Labute approximate surface area is 221 Å². The quantitative estimate of drug-likeness (QED) is 0.248. The molecular weight excluding hydrogens is 543 g/mol. The maximum Gasteiger partial charge on any atom is 0.416 e. The number of hydrogen-bond donors (Lipinski definition) is 2. The molecule has 0 aliphatic rings. The molecule has 2 N–H and O–H groups in total. The lowest BCUT2D eigenvalue weighted by Gasteiger charge is -2.10. The van der Waals surface area contributed by atoms with Gasteiger partial charge in [-0.2, -0.15) is 13.2 Å². The maximum atomic E-state index is 13.1.